The number of carboxylic acid groups (broad SMARTS) is 1. The Bertz CT molecular complexity index is 1580. The van der Waals surface area contributed by atoms with Crippen LogP contribution in [-0.4, -0.2) is 50.9 Å². The highest BCUT2D eigenvalue weighted by molar-refractivity contribution is 5.99. The van der Waals surface area contributed by atoms with E-state index >= 15 is 0 Å². The molecule has 0 spiro atoms. The van der Waals surface area contributed by atoms with Crippen molar-refractivity contribution in [3.63, 3.8) is 0 Å². The SMILES string of the molecule is COc1ccc2cc(C(=O)NCc3ccc([N+](C)(C)C)cc3)n(Cc3cccc(C#N)c3)c2c1.O=C([O-])C(F)(F)F. The van der Waals surface area contributed by atoms with Gasteiger partial charge in [0, 0.05) is 24.5 Å². The summed E-state index contributed by atoms with van der Waals surface area (Å²) in [5.41, 5.74) is 5.24. The Balaban J connectivity index is 0.000000587. The van der Waals surface area contributed by atoms with Gasteiger partial charge >= 0.3 is 6.18 Å². The molecule has 0 atom stereocenters. The van der Waals surface area contributed by atoms with Gasteiger partial charge in [0.2, 0.25) is 0 Å². The summed E-state index contributed by atoms with van der Waals surface area (Å²) in [6, 6.07) is 25.6. The van der Waals surface area contributed by atoms with Crippen LogP contribution in [0.15, 0.2) is 72.8 Å². The number of hydrogen-bond acceptors (Lipinski definition) is 5. The summed E-state index contributed by atoms with van der Waals surface area (Å²) in [7, 11) is 7.99. The molecule has 3 aromatic carbocycles. The van der Waals surface area contributed by atoms with E-state index in [0.717, 1.165) is 32.3 Å². The van der Waals surface area contributed by atoms with Crippen LogP contribution in [-0.2, 0) is 17.9 Å². The number of ether oxygens (including phenoxy) is 1. The molecule has 11 heteroatoms. The summed E-state index contributed by atoms with van der Waals surface area (Å²) in [5.74, 6) is -2.43. The molecular weight excluding hydrogens is 537 g/mol. The van der Waals surface area contributed by atoms with Crippen molar-refractivity contribution >= 4 is 28.5 Å². The summed E-state index contributed by atoms with van der Waals surface area (Å²) in [5, 5.41) is 22.1. The van der Waals surface area contributed by atoms with E-state index in [0.29, 0.717) is 24.3 Å². The highest BCUT2D eigenvalue weighted by Crippen LogP contribution is 2.26. The number of nitrogens with one attached hydrogen (secondary N) is 1. The second kappa shape index (κ2) is 12.6. The lowest BCUT2D eigenvalue weighted by Gasteiger charge is -2.23. The van der Waals surface area contributed by atoms with Crippen molar-refractivity contribution in [1.29, 1.82) is 5.26 Å². The monoisotopic (exact) mass is 566 g/mol. The van der Waals surface area contributed by atoms with E-state index in [4.69, 9.17) is 14.6 Å². The Kier molecular flexibility index (Phi) is 9.42. The Morgan fingerprint density at radius 1 is 1.00 bits per heavy atom. The molecule has 8 nitrogen and oxygen atoms in total. The molecule has 1 aromatic heterocycles. The quantitative estimate of drug-likeness (QED) is 0.341. The van der Waals surface area contributed by atoms with Crippen LogP contribution < -0.4 is 19.6 Å². The molecule has 1 heterocycles. The number of quaternary nitrogens is 1. The normalized spacial score (nSPS) is 11.3. The lowest BCUT2D eigenvalue weighted by molar-refractivity contribution is -0.344. The number of methoxy groups -OCH3 is 1. The van der Waals surface area contributed by atoms with E-state index in [2.05, 4.69) is 44.7 Å². The number of fused-ring (bicyclic) bond motifs is 1. The Labute approximate surface area is 235 Å². The molecular formula is C30H29F3N4O4. The maximum atomic E-state index is 13.3. The lowest BCUT2D eigenvalue weighted by atomic mass is 10.1. The first-order chi connectivity index (χ1) is 19.2. The number of amides is 1. The van der Waals surface area contributed by atoms with Gasteiger partial charge < -0.3 is 24.5 Å². The minimum atomic E-state index is -5.19. The Hall–Kier alpha value is -4.82. The number of benzene rings is 3. The third-order valence-electron chi connectivity index (χ3n) is 6.14. The molecule has 1 N–H and O–H groups in total. The number of aliphatic carboxylic acids is 1. The van der Waals surface area contributed by atoms with Crippen molar-refractivity contribution in [1.82, 2.24) is 14.4 Å². The molecule has 0 saturated heterocycles. The van der Waals surface area contributed by atoms with E-state index in [1.54, 1.807) is 13.2 Å². The van der Waals surface area contributed by atoms with Gasteiger partial charge in [-0.3, -0.25) is 9.28 Å². The zero-order chi connectivity index (χ0) is 30.4. The van der Waals surface area contributed by atoms with Gasteiger partial charge in [-0.15, -0.1) is 0 Å². The molecule has 0 radical (unpaired) electrons. The number of alkyl halides is 3. The van der Waals surface area contributed by atoms with Crippen LogP contribution in [0.5, 0.6) is 5.75 Å². The van der Waals surface area contributed by atoms with E-state index < -0.39 is 12.1 Å². The largest absolute Gasteiger partial charge is 0.542 e. The molecule has 0 unspecified atom stereocenters. The Morgan fingerprint density at radius 3 is 2.22 bits per heavy atom. The summed E-state index contributed by atoms with van der Waals surface area (Å²) in [6.45, 7) is 0.901. The van der Waals surface area contributed by atoms with Crippen molar-refractivity contribution < 1.29 is 32.6 Å². The second-order valence-electron chi connectivity index (χ2n) is 10.00. The fourth-order valence-corrected chi connectivity index (χ4v) is 3.98. The maximum Gasteiger partial charge on any atom is 0.430 e. The average Bonchev–Trinajstić information content (AvgIpc) is 3.28. The van der Waals surface area contributed by atoms with Gasteiger partial charge in [-0.05, 0) is 53.6 Å². The van der Waals surface area contributed by atoms with Crippen LogP contribution in [0.1, 0.15) is 27.2 Å². The number of aromatic nitrogens is 1. The van der Waals surface area contributed by atoms with Gasteiger partial charge in [0.1, 0.15) is 23.1 Å². The molecule has 4 aromatic rings. The van der Waals surface area contributed by atoms with Crippen molar-refractivity contribution in [2.45, 2.75) is 19.3 Å². The molecule has 214 valence electrons. The zero-order valence-electron chi connectivity index (χ0n) is 23.0. The van der Waals surface area contributed by atoms with Gasteiger partial charge in [-0.25, -0.2) is 0 Å². The van der Waals surface area contributed by atoms with Gasteiger partial charge in [0.05, 0.1) is 45.4 Å². The lowest BCUT2D eigenvalue weighted by Crippen LogP contribution is -2.37. The first-order valence-electron chi connectivity index (χ1n) is 12.4. The number of halogens is 3. The predicted molar refractivity (Wildman–Crippen MR) is 147 cm³/mol. The molecule has 0 aliphatic carbocycles. The van der Waals surface area contributed by atoms with Crippen LogP contribution in [0.4, 0.5) is 18.9 Å². The third kappa shape index (κ3) is 8.09. The van der Waals surface area contributed by atoms with Crippen LogP contribution in [0.3, 0.4) is 0 Å². The van der Waals surface area contributed by atoms with Crippen molar-refractivity contribution in [2.24, 2.45) is 0 Å². The number of nitrogens with zero attached hydrogens (tertiary/aromatic N) is 3. The smallest absolute Gasteiger partial charge is 0.430 e. The zero-order valence-corrected chi connectivity index (χ0v) is 23.0. The molecule has 0 aliphatic heterocycles. The predicted octanol–water partition coefficient (Wildman–Crippen LogP) is 4.00. The van der Waals surface area contributed by atoms with Gasteiger partial charge in [0.15, 0.2) is 0 Å². The topological polar surface area (TPSA) is 107 Å². The van der Waals surface area contributed by atoms with Crippen LogP contribution >= 0.6 is 0 Å². The number of hydrogen-bond donors (Lipinski definition) is 1. The molecule has 0 fully saturated rings. The third-order valence-corrected chi connectivity index (χ3v) is 6.14. The average molecular weight is 567 g/mol. The number of rotatable bonds is 7. The number of carbonyl (C=O) groups excluding carboxylic acids is 2. The summed E-state index contributed by atoms with van der Waals surface area (Å²) >= 11 is 0. The van der Waals surface area contributed by atoms with Crippen LogP contribution in [0.2, 0.25) is 0 Å². The van der Waals surface area contributed by atoms with E-state index in [-0.39, 0.29) is 5.91 Å². The Morgan fingerprint density at radius 2 is 1.66 bits per heavy atom. The summed E-state index contributed by atoms with van der Waals surface area (Å²) < 4.78 is 39.7. The standard InChI is InChI=1S/C28H28N4O2.C2HF3O2/c1-32(2,3)24-11-8-20(9-12-24)18-30-28(33)27-15-23-10-13-25(34-4)16-26(23)31(27)19-22-7-5-6-21(14-22)17-29;3-2(4,5)1(6)7/h5-16H,18-19H2,1-4H3;(H,6,7). The first-order valence-corrected chi connectivity index (χ1v) is 12.4. The van der Waals surface area contributed by atoms with Crippen molar-refractivity contribution in [2.75, 3.05) is 28.3 Å². The highest BCUT2D eigenvalue weighted by atomic mass is 19.4. The van der Waals surface area contributed by atoms with Crippen LogP contribution in [0.25, 0.3) is 10.9 Å². The van der Waals surface area contributed by atoms with E-state index in [9.17, 15) is 23.2 Å². The maximum absolute atomic E-state index is 13.3. The summed E-state index contributed by atoms with van der Waals surface area (Å²) in [4.78, 5) is 22.1. The van der Waals surface area contributed by atoms with Crippen molar-refractivity contribution in [3.8, 4) is 11.8 Å². The van der Waals surface area contributed by atoms with Crippen molar-refractivity contribution in [3.05, 3.63) is 95.2 Å². The molecule has 0 bridgehead atoms. The van der Waals surface area contributed by atoms with Crippen LogP contribution in [0, 0.1) is 11.3 Å². The van der Waals surface area contributed by atoms with Gasteiger partial charge in [0.25, 0.3) is 5.91 Å². The van der Waals surface area contributed by atoms with E-state index in [1.807, 2.05) is 59.2 Å². The minimum absolute atomic E-state index is 0.151. The highest BCUT2D eigenvalue weighted by Gasteiger charge is 2.28. The van der Waals surface area contributed by atoms with Gasteiger partial charge in [-0.1, -0.05) is 24.3 Å². The fraction of sp³-hybridized carbons (Fsp3) is 0.233. The summed E-state index contributed by atoms with van der Waals surface area (Å²) in [6.07, 6.45) is -5.19. The number of nitriles is 1. The number of carbonyl (C=O) groups is 2. The van der Waals surface area contributed by atoms with Gasteiger partial charge in [-0.2, -0.15) is 18.4 Å². The second-order valence-corrected chi connectivity index (χ2v) is 10.00. The first kappa shape index (κ1) is 30.7. The molecule has 41 heavy (non-hydrogen) atoms. The molecule has 0 saturated carbocycles. The molecule has 1 amide bonds. The number of carboxylic acids is 1. The molecule has 0 aliphatic rings. The van der Waals surface area contributed by atoms with E-state index in [1.165, 1.54) is 5.69 Å². The fourth-order valence-electron chi connectivity index (χ4n) is 3.98. The minimum Gasteiger partial charge on any atom is -0.542 e. The molecule has 4 rings (SSSR count).